The summed E-state index contributed by atoms with van der Waals surface area (Å²) in [5, 5.41) is 9.51. The van der Waals surface area contributed by atoms with E-state index in [2.05, 4.69) is 60.2 Å². The lowest BCUT2D eigenvalue weighted by atomic mass is 10.0. The van der Waals surface area contributed by atoms with Crippen molar-refractivity contribution >= 4 is 41.9 Å². The maximum absolute atomic E-state index is 13.8. The normalized spacial score (nSPS) is 15.2. The van der Waals surface area contributed by atoms with Crippen LogP contribution in [0.15, 0.2) is 24.8 Å². The van der Waals surface area contributed by atoms with E-state index >= 15 is 0 Å². The van der Waals surface area contributed by atoms with Crippen LogP contribution in [0.1, 0.15) is 35.4 Å². The van der Waals surface area contributed by atoms with Crippen molar-refractivity contribution in [1.82, 2.24) is 20.6 Å². The Labute approximate surface area is 182 Å². The van der Waals surface area contributed by atoms with Gasteiger partial charge in [0.1, 0.15) is 5.82 Å². The van der Waals surface area contributed by atoms with Crippen LogP contribution in [0, 0.1) is 19.7 Å². The molecule has 1 saturated heterocycles. The number of H-pyrrole nitrogens is 2. The molecular weight excluding hydrogens is 395 g/mol. The van der Waals surface area contributed by atoms with E-state index in [1.54, 1.807) is 18.4 Å². The summed E-state index contributed by atoms with van der Waals surface area (Å²) in [5.74, 6) is -0.249. The van der Waals surface area contributed by atoms with Crippen molar-refractivity contribution in [3.8, 4) is 0 Å². The zero-order valence-electron chi connectivity index (χ0n) is 18.0. The van der Waals surface area contributed by atoms with Crippen LogP contribution < -0.4 is 21.2 Å². The number of benzene rings is 1. The highest BCUT2D eigenvalue weighted by atomic mass is 32.1. The van der Waals surface area contributed by atoms with E-state index in [4.69, 9.17) is 0 Å². The molecule has 1 aromatic carbocycles. The van der Waals surface area contributed by atoms with Crippen LogP contribution in [0.2, 0.25) is 0 Å². The monoisotopic (exact) mass is 426 g/mol. The van der Waals surface area contributed by atoms with Crippen LogP contribution in [0.5, 0.6) is 0 Å². The Hall–Kier alpha value is -2.44. The van der Waals surface area contributed by atoms with Gasteiger partial charge in [0.15, 0.2) is 0 Å². The van der Waals surface area contributed by atoms with Gasteiger partial charge in [0.2, 0.25) is 0 Å². The molecular formula is C24H31FN4S. The van der Waals surface area contributed by atoms with Gasteiger partial charge in [0.25, 0.3) is 0 Å². The van der Waals surface area contributed by atoms with Gasteiger partial charge >= 0.3 is 0 Å². The zero-order chi connectivity index (χ0) is 21.8. The van der Waals surface area contributed by atoms with Gasteiger partial charge in [-0.25, -0.2) is 4.39 Å². The Morgan fingerprint density at radius 2 is 1.90 bits per heavy atom. The van der Waals surface area contributed by atoms with Gasteiger partial charge < -0.3 is 20.6 Å². The van der Waals surface area contributed by atoms with Crippen molar-refractivity contribution in [1.29, 1.82) is 0 Å². The molecule has 0 bridgehead atoms. The van der Waals surface area contributed by atoms with Crippen molar-refractivity contribution in [2.75, 3.05) is 19.3 Å². The van der Waals surface area contributed by atoms with E-state index in [-0.39, 0.29) is 5.82 Å². The summed E-state index contributed by atoms with van der Waals surface area (Å²) in [6.07, 6.45) is 5.95. The highest BCUT2D eigenvalue weighted by Crippen LogP contribution is 2.25. The quantitative estimate of drug-likeness (QED) is 0.416. The van der Waals surface area contributed by atoms with E-state index in [9.17, 15) is 4.39 Å². The minimum Gasteiger partial charge on any atom is -0.382 e. The van der Waals surface area contributed by atoms with Crippen molar-refractivity contribution < 1.29 is 4.39 Å². The molecule has 160 valence electrons. The van der Waals surface area contributed by atoms with Crippen LogP contribution >= 0.6 is 12.6 Å². The third-order valence-electron chi connectivity index (χ3n) is 5.67. The van der Waals surface area contributed by atoms with Gasteiger partial charge in [0, 0.05) is 50.2 Å². The van der Waals surface area contributed by atoms with Crippen molar-refractivity contribution in [3.05, 3.63) is 63.7 Å². The number of nitrogens with one attached hydrogen (secondary N) is 4. The SMILES string of the molecule is C=C(NC1CCNCC1)c1c(C)[nH]c(/C=c2\c(=C)[nH]c3ccc(F)cc23)c1C.CS. The summed E-state index contributed by atoms with van der Waals surface area (Å²) < 4.78 is 13.8. The Morgan fingerprint density at radius 3 is 2.60 bits per heavy atom. The maximum atomic E-state index is 13.8. The maximum Gasteiger partial charge on any atom is 0.123 e. The summed E-state index contributed by atoms with van der Waals surface area (Å²) in [6.45, 7) is 14.6. The summed E-state index contributed by atoms with van der Waals surface area (Å²) in [6, 6.07) is 5.22. The van der Waals surface area contributed by atoms with Crippen LogP contribution in [0.25, 0.3) is 29.3 Å². The van der Waals surface area contributed by atoms with Crippen molar-refractivity contribution in [2.45, 2.75) is 32.7 Å². The standard InChI is InChI=1S/C23H27FN4.CH4S/c1-13-22(12-19-14(2)27-21-6-5-17(24)11-20(19)21)28-16(4)23(13)15(3)26-18-7-9-25-10-8-18;1-2/h5-6,11-12,18,25-28H,2-3,7-10H2,1,4H3;2H,1H3/b19-12+;. The predicted octanol–water partition coefficient (Wildman–Crippen LogP) is 3.35. The first-order valence-electron chi connectivity index (χ1n) is 10.2. The fraction of sp³-hybridized carbons (Fsp3) is 0.333. The molecule has 0 unspecified atom stereocenters. The molecule has 1 fully saturated rings. The Kier molecular flexibility index (Phi) is 7.10. The number of hydrogen-bond donors (Lipinski definition) is 5. The first kappa shape index (κ1) is 22.2. The average Bonchev–Trinajstić information content (AvgIpc) is 3.19. The van der Waals surface area contributed by atoms with E-state index in [0.717, 1.165) is 75.6 Å². The van der Waals surface area contributed by atoms with Crippen molar-refractivity contribution in [3.63, 3.8) is 0 Å². The fourth-order valence-electron chi connectivity index (χ4n) is 4.21. The summed E-state index contributed by atoms with van der Waals surface area (Å²) in [4.78, 5) is 6.71. The van der Waals surface area contributed by atoms with E-state index in [0.29, 0.717) is 6.04 Å². The summed E-state index contributed by atoms with van der Waals surface area (Å²) in [5.41, 5.74) is 6.17. The molecule has 0 spiro atoms. The largest absolute Gasteiger partial charge is 0.382 e. The lowest BCUT2D eigenvalue weighted by Crippen LogP contribution is -2.39. The minimum atomic E-state index is -0.249. The number of aromatic nitrogens is 2. The van der Waals surface area contributed by atoms with Gasteiger partial charge in [-0.3, -0.25) is 0 Å². The third-order valence-corrected chi connectivity index (χ3v) is 5.67. The first-order valence-corrected chi connectivity index (χ1v) is 11.1. The Bertz CT molecular complexity index is 1150. The molecule has 1 aliphatic rings. The number of hydrogen-bond acceptors (Lipinski definition) is 3. The van der Waals surface area contributed by atoms with Gasteiger partial charge in [-0.2, -0.15) is 12.6 Å². The number of rotatable bonds is 4. The number of fused-ring (bicyclic) bond motifs is 1. The molecule has 0 radical (unpaired) electrons. The Morgan fingerprint density at radius 1 is 1.20 bits per heavy atom. The smallest absolute Gasteiger partial charge is 0.123 e. The molecule has 30 heavy (non-hydrogen) atoms. The number of halogens is 1. The number of aryl methyl sites for hydroxylation is 1. The average molecular weight is 427 g/mol. The Balaban J connectivity index is 0.00000124. The highest BCUT2D eigenvalue weighted by molar-refractivity contribution is 7.79. The molecule has 2 aromatic heterocycles. The third kappa shape index (κ3) is 4.50. The minimum absolute atomic E-state index is 0.249. The lowest BCUT2D eigenvalue weighted by molar-refractivity contribution is 0.425. The topological polar surface area (TPSA) is 55.6 Å². The first-order chi connectivity index (χ1) is 14.4. The summed E-state index contributed by atoms with van der Waals surface area (Å²) in [7, 11) is 0. The van der Waals surface area contributed by atoms with E-state index in [1.165, 1.54) is 6.07 Å². The molecule has 1 aliphatic heterocycles. The molecule has 3 aromatic rings. The molecule has 0 atom stereocenters. The molecule has 6 heteroatoms. The van der Waals surface area contributed by atoms with E-state index in [1.807, 2.05) is 6.08 Å². The molecule has 0 aliphatic carbocycles. The van der Waals surface area contributed by atoms with Crippen LogP contribution in [-0.4, -0.2) is 35.4 Å². The number of thiol groups is 1. The van der Waals surface area contributed by atoms with Crippen molar-refractivity contribution in [2.24, 2.45) is 0 Å². The van der Waals surface area contributed by atoms with Crippen LogP contribution in [0.3, 0.4) is 0 Å². The van der Waals surface area contributed by atoms with Gasteiger partial charge in [-0.15, -0.1) is 0 Å². The molecule has 4 N–H and O–H groups in total. The van der Waals surface area contributed by atoms with Gasteiger partial charge in [-0.05, 0) is 75.9 Å². The van der Waals surface area contributed by atoms with Crippen LogP contribution in [0.4, 0.5) is 4.39 Å². The summed E-state index contributed by atoms with van der Waals surface area (Å²) >= 11 is 3.53. The van der Waals surface area contributed by atoms with Gasteiger partial charge in [0.05, 0.1) is 0 Å². The van der Waals surface area contributed by atoms with Crippen LogP contribution in [-0.2, 0) is 0 Å². The molecule has 4 rings (SSSR count). The number of aromatic amines is 2. The van der Waals surface area contributed by atoms with E-state index < -0.39 is 0 Å². The molecule has 0 amide bonds. The molecule has 4 nitrogen and oxygen atoms in total. The second-order valence-electron chi connectivity index (χ2n) is 7.66. The number of piperidine rings is 1. The fourth-order valence-corrected chi connectivity index (χ4v) is 4.21. The molecule has 0 saturated carbocycles. The zero-order valence-corrected chi connectivity index (χ0v) is 18.8. The van der Waals surface area contributed by atoms with Gasteiger partial charge in [-0.1, -0.05) is 13.2 Å². The molecule has 3 heterocycles. The second-order valence-corrected chi connectivity index (χ2v) is 7.66. The second kappa shape index (κ2) is 9.58. The predicted molar refractivity (Wildman–Crippen MR) is 130 cm³/mol. The lowest BCUT2D eigenvalue weighted by Gasteiger charge is -2.26. The highest BCUT2D eigenvalue weighted by Gasteiger charge is 2.18.